The Morgan fingerprint density at radius 2 is 1.91 bits per heavy atom. The van der Waals surface area contributed by atoms with E-state index in [1.54, 1.807) is 0 Å². The number of hydrogen-bond donors (Lipinski definition) is 0. The largest absolute Gasteiger partial charge is 0.491 e. The predicted molar refractivity (Wildman–Crippen MR) is 118 cm³/mol. The summed E-state index contributed by atoms with van der Waals surface area (Å²) in [4.78, 5) is 26.9. The van der Waals surface area contributed by atoms with E-state index in [1.807, 2.05) is 29.2 Å². The van der Waals surface area contributed by atoms with Gasteiger partial charge in [-0.15, -0.1) is 0 Å². The van der Waals surface area contributed by atoms with Crippen LogP contribution < -0.4 is 9.64 Å². The second-order valence-corrected chi connectivity index (χ2v) is 8.94. The zero-order valence-corrected chi connectivity index (χ0v) is 19.3. The fourth-order valence-electron chi connectivity index (χ4n) is 4.40. The molecule has 2 saturated heterocycles. The molecule has 0 bridgehead atoms. The summed E-state index contributed by atoms with van der Waals surface area (Å²) in [5.74, 6) is -2.18. The number of hydrogen-bond acceptors (Lipinski definition) is 8. The van der Waals surface area contributed by atoms with E-state index in [0.29, 0.717) is 30.8 Å². The SMILES string of the molecule is C[C@H]1CN(C2CCN(c3ncnc(OC(=O)C(F)(F)F)n3)CC2)[C@@H](Cc2ccc(Cl)cc2)CO1. The van der Waals surface area contributed by atoms with E-state index in [1.165, 1.54) is 5.56 Å². The number of rotatable bonds is 5. The van der Waals surface area contributed by atoms with Crippen LogP contribution in [0.3, 0.4) is 0 Å². The highest BCUT2D eigenvalue weighted by molar-refractivity contribution is 6.30. The van der Waals surface area contributed by atoms with Crippen molar-refractivity contribution in [1.82, 2.24) is 19.9 Å². The van der Waals surface area contributed by atoms with E-state index in [2.05, 4.69) is 31.5 Å². The standard InChI is InChI=1S/C22H25ClF3N5O3/c1-14-11-31(18(12-33-14)10-15-2-4-16(23)5-3-15)17-6-8-30(9-7-17)20-27-13-28-21(29-20)34-19(32)22(24,25)26/h2-5,13-14,17-18H,6-12H2,1H3/t14-,18-/m0/s1. The van der Waals surface area contributed by atoms with Gasteiger partial charge in [0.15, 0.2) is 0 Å². The molecule has 2 aliphatic rings. The number of morpholine rings is 1. The Morgan fingerprint density at radius 3 is 2.59 bits per heavy atom. The van der Waals surface area contributed by atoms with E-state index in [9.17, 15) is 18.0 Å². The average Bonchev–Trinajstić information content (AvgIpc) is 2.81. The monoisotopic (exact) mass is 499 g/mol. The van der Waals surface area contributed by atoms with Gasteiger partial charge in [0.2, 0.25) is 5.95 Å². The molecule has 0 spiro atoms. The van der Waals surface area contributed by atoms with Crippen molar-refractivity contribution in [2.75, 3.05) is 31.1 Å². The predicted octanol–water partition coefficient (Wildman–Crippen LogP) is 3.29. The first-order valence-corrected chi connectivity index (χ1v) is 11.4. The van der Waals surface area contributed by atoms with Crippen LogP contribution in [-0.2, 0) is 16.0 Å². The fraction of sp³-hybridized carbons (Fsp3) is 0.545. The Labute approximate surface area is 200 Å². The number of aromatic nitrogens is 3. The lowest BCUT2D eigenvalue weighted by Crippen LogP contribution is -2.56. The van der Waals surface area contributed by atoms with Crippen LogP contribution in [0.2, 0.25) is 5.02 Å². The Balaban J connectivity index is 1.38. The molecule has 12 heteroatoms. The number of carbonyl (C=O) groups excluding carboxylic acids is 1. The zero-order valence-electron chi connectivity index (χ0n) is 18.5. The molecule has 0 amide bonds. The molecule has 2 aliphatic heterocycles. The Hall–Kier alpha value is -2.50. The number of benzene rings is 1. The van der Waals surface area contributed by atoms with Gasteiger partial charge < -0.3 is 14.4 Å². The minimum Gasteiger partial charge on any atom is -0.384 e. The van der Waals surface area contributed by atoms with Crippen molar-refractivity contribution in [2.24, 2.45) is 0 Å². The van der Waals surface area contributed by atoms with Crippen LogP contribution in [0.15, 0.2) is 30.6 Å². The molecule has 2 aromatic rings. The van der Waals surface area contributed by atoms with Gasteiger partial charge in [0.05, 0.1) is 12.7 Å². The summed E-state index contributed by atoms with van der Waals surface area (Å²) in [6.07, 6.45) is -1.44. The molecule has 0 saturated carbocycles. The third kappa shape index (κ3) is 6.13. The maximum absolute atomic E-state index is 12.4. The van der Waals surface area contributed by atoms with Crippen LogP contribution in [-0.4, -0.2) is 76.4 Å². The molecule has 0 N–H and O–H groups in total. The van der Waals surface area contributed by atoms with Crippen molar-refractivity contribution in [1.29, 1.82) is 0 Å². The first-order chi connectivity index (χ1) is 16.2. The van der Waals surface area contributed by atoms with Gasteiger partial charge in [-0.2, -0.15) is 23.1 Å². The molecule has 184 valence electrons. The number of anilines is 1. The smallest absolute Gasteiger partial charge is 0.384 e. The molecule has 2 fully saturated rings. The summed E-state index contributed by atoms with van der Waals surface area (Å²) in [5, 5.41) is 0.705. The van der Waals surface area contributed by atoms with Gasteiger partial charge >= 0.3 is 18.2 Å². The Bertz CT molecular complexity index is 986. The lowest BCUT2D eigenvalue weighted by Gasteiger charge is -2.46. The van der Waals surface area contributed by atoms with Crippen LogP contribution in [0.25, 0.3) is 0 Å². The van der Waals surface area contributed by atoms with Crippen LogP contribution in [0.1, 0.15) is 25.3 Å². The molecular formula is C22H25ClF3N5O3. The van der Waals surface area contributed by atoms with Crippen LogP contribution >= 0.6 is 11.6 Å². The topological polar surface area (TPSA) is 80.7 Å². The summed E-state index contributed by atoms with van der Waals surface area (Å²) in [7, 11) is 0. The number of alkyl halides is 3. The maximum Gasteiger partial charge on any atom is 0.491 e. The molecule has 8 nitrogen and oxygen atoms in total. The lowest BCUT2D eigenvalue weighted by atomic mass is 9.96. The number of halogens is 4. The van der Waals surface area contributed by atoms with Crippen LogP contribution in [0, 0.1) is 0 Å². The van der Waals surface area contributed by atoms with Crippen molar-refractivity contribution in [3.8, 4) is 6.01 Å². The van der Waals surface area contributed by atoms with Crippen LogP contribution in [0.5, 0.6) is 6.01 Å². The summed E-state index contributed by atoms with van der Waals surface area (Å²) in [6, 6.07) is 7.74. The van der Waals surface area contributed by atoms with Gasteiger partial charge in [0, 0.05) is 36.7 Å². The van der Waals surface area contributed by atoms with E-state index in [0.717, 1.165) is 32.1 Å². The number of esters is 1. The third-order valence-electron chi connectivity index (χ3n) is 6.06. The van der Waals surface area contributed by atoms with Crippen molar-refractivity contribution in [3.63, 3.8) is 0 Å². The molecule has 3 heterocycles. The molecule has 0 aliphatic carbocycles. The number of carbonyl (C=O) groups is 1. The Kier molecular flexibility index (Phi) is 7.54. The molecule has 34 heavy (non-hydrogen) atoms. The number of piperidine rings is 1. The van der Waals surface area contributed by atoms with Gasteiger partial charge in [0.1, 0.15) is 6.33 Å². The van der Waals surface area contributed by atoms with E-state index in [-0.39, 0.29) is 18.1 Å². The second-order valence-electron chi connectivity index (χ2n) is 8.50. The molecule has 0 unspecified atom stereocenters. The van der Waals surface area contributed by atoms with E-state index < -0.39 is 18.2 Å². The lowest BCUT2D eigenvalue weighted by molar-refractivity contribution is -0.190. The highest BCUT2D eigenvalue weighted by atomic mass is 35.5. The highest BCUT2D eigenvalue weighted by Crippen LogP contribution is 2.27. The average molecular weight is 500 g/mol. The molecule has 4 rings (SSSR count). The third-order valence-corrected chi connectivity index (χ3v) is 6.32. The van der Waals surface area contributed by atoms with Gasteiger partial charge in [-0.25, -0.2) is 9.78 Å². The van der Waals surface area contributed by atoms with Crippen LogP contribution in [0.4, 0.5) is 19.1 Å². The van der Waals surface area contributed by atoms with Gasteiger partial charge in [-0.3, -0.25) is 4.90 Å². The van der Waals surface area contributed by atoms with E-state index >= 15 is 0 Å². The second kappa shape index (κ2) is 10.4. The fourth-order valence-corrected chi connectivity index (χ4v) is 4.52. The highest BCUT2D eigenvalue weighted by Gasteiger charge is 2.42. The molecular weight excluding hydrogens is 475 g/mol. The summed E-state index contributed by atoms with van der Waals surface area (Å²) >= 11 is 6.01. The normalized spacial score (nSPS) is 22.6. The molecule has 1 aromatic carbocycles. The van der Waals surface area contributed by atoms with E-state index in [4.69, 9.17) is 16.3 Å². The summed E-state index contributed by atoms with van der Waals surface area (Å²) in [6.45, 7) is 4.76. The minimum absolute atomic E-state index is 0.133. The summed E-state index contributed by atoms with van der Waals surface area (Å²) in [5.41, 5.74) is 1.20. The first-order valence-electron chi connectivity index (χ1n) is 11.0. The zero-order chi connectivity index (χ0) is 24.3. The number of nitrogens with zero attached hydrogens (tertiary/aromatic N) is 5. The quantitative estimate of drug-likeness (QED) is 0.580. The van der Waals surface area contributed by atoms with Gasteiger partial charge in [-0.1, -0.05) is 23.7 Å². The van der Waals surface area contributed by atoms with Gasteiger partial charge in [0.25, 0.3) is 0 Å². The van der Waals surface area contributed by atoms with Gasteiger partial charge in [-0.05, 0) is 43.9 Å². The minimum atomic E-state index is -5.12. The molecule has 1 aromatic heterocycles. The number of ether oxygens (including phenoxy) is 2. The maximum atomic E-state index is 12.4. The Morgan fingerprint density at radius 1 is 1.21 bits per heavy atom. The van der Waals surface area contributed by atoms with Crippen molar-refractivity contribution in [3.05, 3.63) is 41.2 Å². The van der Waals surface area contributed by atoms with Crippen molar-refractivity contribution in [2.45, 2.75) is 50.6 Å². The molecule has 2 atom stereocenters. The summed E-state index contributed by atoms with van der Waals surface area (Å²) < 4.78 is 47.5. The van der Waals surface area contributed by atoms with Crippen molar-refractivity contribution >= 4 is 23.5 Å². The first kappa shape index (κ1) is 24.6. The van der Waals surface area contributed by atoms with Crippen molar-refractivity contribution < 1.29 is 27.4 Å². The molecule has 0 radical (unpaired) electrons.